The van der Waals surface area contributed by atoms with Gasteiger partial charge in [-0.1, -0.05) is 23.7 Å². The SMILES string of the molecule is Oc1ccc(C=NNc2nc3ccccc3[nH]2)cc1Cl. The van der Waals surface area contributed by atoms with Crippen LogP contribution in [0, 0.1) is 0 Å². The second-order valence-corrected chi connectivity index (χ2v) is 4.59. The minimum Gasteiger partial charge on any atom is -0.506 e. The summed E-state index contributed by atoms with van der Waals surface area (Å²) >= 11 is 5.81. The van der Waals surface area contributed by atoms with Crippen LogP contribution in [-0.2, 0) is 0 Å². The Balaban J connectivity index is 1.75. The van der Waals surface area contributed by atoms with Gasteiger partial charge < -0.3 is 10.1 Å². The predicted molar refractivity (Wildman–Crippen MR) is 80.4 cm³/mol. The fourth-order valence-corrected chi connectivity index (χ4v) is 1.97. The van der Waals surface area contributed by atoms with E-state index in [-0.39, 0.29) is 10.8 Å². The first-order valence-corrected chi connectivity index (χ1v) is 6.32. The zero-order valence-electron chi connectivity index (χ0n) is 10.3. The van der Waals surface area contributed by atoms with Gasteiger partial charge in [0.15, 0.2) is 0 Å². The Kier molecular flexibility index (Phi) is 3.26. The average molecular weight is 287 g/mol. The summed E-state index contributed by atoms with van der Waals surface area (Å²) in [6, 6.07) is 12.6. The maximum atomic E-state index is 9.32. The lowest BCUT2D eigenvalue weighted by Crippen LogP contribution is -1.92. The van der Waals surface area contributed by atoms with Crippen molar-refractivity contribution in [2.75, 3.05) is 5.43 Å². The van der Waals surface area contributed by atoms with Gasteiger partial charge in [0, 0.05) is 0 Å². The molecule has 5 nitrogen and oxygen atoms in total. The molecule has 0 radical (unpaired) electrons. The number of benzene rings is 2. The summed E-state index contributed by atoms with van der Waals surface area (Å²) in [6.45, 7) is 0. The second-order valence-electron chi connectivity index (χ2n) is 4.18. The Morgan fingerprint density at radius 1 is 1.25 bits per heavy atom. The normalized spacial score (nSPS) is 11.2. The Bertz CT molecular complexity index is 749. The number of imidazole rings is 1. The van der Waals surface area contributed by atoms with Crippen molar-refractivity contribution in [3.63, 3.8) is 0 Å². The number of aromatic hydroxyl groups is 1. The van der Waals surface area contributed by atoms with Gasteiger partial charge in [0.1, 0.15) is 5.75 Å². The van der Waals surface area contributed by atoms with Gasteiger partial charge in [-0.15, -0.1) is 0 Å². The van der Waals surface area contributed by atoms with Crippen LogP contribution in [0.15, 0.2) is 47.6 Å². The number of anilines is 1. The van der Waals surface area contributed by atoms with E-state index < -0.39 is 0 Å². The number of phenolic OH excluding ortho intramolecular Hbond substituents is 1. The highest BCUT2D eigenvalue weighted by Crippen LogP contribution is 2.22. The molecule has 0 saturated heterocycles. The first-order chi connectivity index (χ1) is 9.72. The van der Waals surface area contributed by atoms with E-state index in [4.69, 9.17) is 11.6 Å². The van der Waals surface area contributed by atoms with Crippen molar-refractivity contribution in [2.45, 2.75) is 0 Å². The maximum absolute atomic E-state index is 9.32. The molecule has 0 fully saturated rings. The van der Waals surface area contributed by atoms with Gasteiger partial charge in [-0.25, -0.2) is 10.4 Å². The zero-order chi connectivity index (χ0) is 13.9. The van der Waals surface area contributed by atoms with Crippen molar-refractivity contribution < 1.29 is 5.11 Å². The first kappa shape index (κ1) is 12.5. The molecule has 2 aromatic carbocycles. The third-order valence-electron chi connectivity index (χ3n) is 2.75. The van der Waals surface area contributed by atoms with Crippen molar-refractivity contribution >= 4 is 34.8 Å². The van der Waals surface area contributed by atoms with Crippen molar-refractivity contribution in [3.8, 4) is 5.75 Å². The van der Waals surface area contributed by atoms with Crippen LogP contribution in [-0.4, -0.2) is 21.3 Å². The van der Waals surface area contributed by atoms with E-state index in [1.54, 1.807) is 18.3 Å². The van der Waals surface area contributed by atoms with Crippen molar-refractivity contribution in [2.24, 2.45) is 5.10 Å². The number of aromatic amines is 1. The molecule has 1 aromatic heterocycles. The summed E-state index contributed by atoms with van der Waals surface area (Å²) in [5.41, 5.74) is 5.40. The molecule has 0 bridgehead atoms. The lowest BCUT2D eigenvalue weighted by Gasteiger charge is -1.98. The number of aromatic nitrogens is 2. The van der Waals surface area contributed by atoms with Crippen LogP contribution in [0.2, 0.25) is 5.02 Å². The van der Waals surface area contributed by atoms with E-state index in [2.05, 4.69) is 20.5 Å². The van der Waals surface area contributed by atoms with E-state index in [0.717, 1.165) is 16.6 Å². The maximum Gasteiger partial charge on any atom is 0.222 e. The van der Waals surface area contributed by atoms with Gasteiger partial charge in [0.25, 0.3) is 0 Å². The van der Waals surface area contributed by atoms with Crippen LogP contribution >= 0.6 is 11.6 Å². The number of H-pyrrole nitrogens is 1. The summed E-state index contributed by atoms with van der Waals surface area (Å²) < 4.78 is 0. The lowest BCUT2D eigenvalue weighted by molar-refractivity contribution is 0.475. The number of phenols is 1. The smallest absolute Gasteiger partial charge is 0.222 e. The van der Waals surface area contributed by atoms with E-state index in [1.807, 2.05) is 24.3 Å². The molecular formula is C14H11ClN4O. The van der Waals surface area contributed by atoms with Gasteiger partial charge >= 0.3 is 0 Å². The molecular weight excluding hydrogens is 276 g/mol. The summed E-state index contributed by atoms with van der Waals surface area (Å²) in [6.07, 6.45) is 1.60. The topological polar surface area (TPSA) is 73.3 Å². The minimum absolute atomic E-state index is 0.0501. The number of hydrazone groups is 1. The summed E-state index contributed by atoms with van der Waals surface area (Å²) in [7, 11) is 0. The van der Waals surface area contributed by atoms with Crippen LogP contribution in [0.25, 0.3) is 11.0 Å². The Labute approximate surface area is 119 Å². The monoisotopic (exact) mass is 286 g/mol. The molecule has 0 aliphatic rings. The summed E-state index contributed by atoms with van der Waals surface area (Å²) in [5, 5.41) is 13.7. The molecule has 0 atom stereocenters. The fraction of sp³-hybridized carbons (Fsp3) is 0. The van der Waals surface area contributed by atoms with Gasteiger partial charge in [0.05, 0.1) is 22.3 Å². The standard InChI is InChI=1S/C14H11ClN4O/c15-10-7-9(5-6-13(10)20)8-16-19-14-17-11-3-1-2-4-12(11)18-14/h1-8,20H,(H2,17,18,19). The minimum atomic E-state index is 0.0501. The molecule has 1 heterocycles. The molecule has 3 rings (SSSR count). The molecule has 0 amide bonds. The molecule has 3 aromatic rings. The molecule has 6 heteroatoms. The van der Waals surface area contributed by atoms with Crippen LogP contribution in [0.1, 0.15) is 5.56 Å². The highest BCUT2D eigenvalue weighted by molar-refractivity contribution is 6.32. The molecule has 100 valence electrons. The molecule has 0 saturated carbocycles. The Morgan fingerprint density at radius 3 is 2.90 bits per heavy atom. The number of rotatable bonds is 3. The van der Waals surface area contributed by atoms with Gasteiger partial charge in [0.2, 0.25) is 5.95 Å². The van der Waals surface area contributed by atoms with Crippen LogP contribution in [0.3, 0.4) is 0 Å². The van der Waals surface area contributed by atoms with E-state index in [9.17, 15) is 5.11 Å². The summed E-state index contributed by atoms with van der Waals surface area (Å²) in [5.74, 6) is 0.612. The number of hydrogen-bond donors (Lipinski definition) is 3. The predicted octanol–water partition coefficient (Wildman–Crippen LogP) is 3.37. The second kappa shape index (κ2) is 5.22. The fourth-order valence-electron chi connectivity index (χ4n) is 1.78. The Hall–Kier alpha value is -2.53. The molecule has 20 heavy (non-hydrogen) atoms. The van der Waals surface area contributed by atoms with Crippen LogP contribution < -0.4 is 5.43 Å². The highest BCUT2D eigenvalue weighted by atomic mass is 35.5. The third-order valence-corrected chi connectivity index (χ3v) is 3.05. The number of nitrogens with zero attached hydrogens (tertiary/aromatic N) is 2. The number of para-hydroxylation sites is 2. The van der Waals surface area contributed by atoms with E-state index in [0.29, 0.717) is 5.95 Å². The van der Waals surface area contributed by atoms with Gasteiger partial charge in [-0.05, 0) is 35.9 Å². The van der Waals surface area contributed by atoms with Crippen LogP contribution in [0.4, 0.5) is 5.95 Å². The number of nitrogens with one attached hydrogen (secondary N) is 2. The quantitative estimate of drug-likeness (QED) is 0.510. The number of fused-ring (bicyclic) bond motifs is 1. The van der Waals surface area contributed by atoms with E-state index in [1.165, 1.54) is 6.07 Å². The van der Waals surface area contributed by atoms with Crippen molar-refractivity contribution in [1.29, 1.82) is 0 Å². The lowest BCUT2D eigenvalue weighted by atomic mass is 10.2. The van der Waals surface area contributed by atoms with Gasteiger partial charge in [-0.3, -0.25) is 0 Å². The number of halogens is 1. The zero-order valence-corrected chi connectivity index (χ0v) is 11.1. The third kappa shape index (κ3) is 2.57. The van der Waals surface area contributed by atoms with Gasteiger partial charge in [-0.2, -0.15) is 5.10 Å². The molecule has 3 N–H and O–H groups in total. The molecule has 0 aliphatic carbocycles. The average Bonchev–Trinajstić information content (AvgIpc) is 2.85. The summed E-state index contributed by atoms with van der Waals surface area (Å²) in [4.78, 5) is 7.43. The largest absolute Gasteiger partial charge is 0.506 e. The molecule has 0 spiro atoms. The number of hydrogen-bond acceptors (Lipinski definition) is 4. The van der Waals surface area contributed by atoms with Crippen molar-refractivity contribution in [1.82, 2.24) is 9.97 Å². The van der Waals surface area contributed by atoms with E-state index >= 15 is 0 Å². The Morgan fingerprint density at radius 2 is 2.10 bits per heavy atom. The van der Waals surface area contributed by atoms with Crippen molar-refractivity contribution in [3.05, 3.63) is 53.1 Å². The van der Waals surface area contributed by atoms with Crippen LogP contribution in [0.5, 0.6) is 5.75 Å². The molecule has 0 unspecified atom stereocenters. The highest BCUT2D eigenvalue weighted by Gasteiger charge is 2.00. The first-order valence-electron chi connectivity index (χ1n) is 5.95. The molecule has 0 aliphatic heterocycles.